The van der Waals surface area contributed by atoms with E-state index in [9.17, 15) is 18.0 Å². The third-order valence-corrected chi connectivity index (χ3v) is 11.3. The van der Waals surface area contributed by atoms with Gasteiger partial charge in [0.25, 0.3) is 0 Å². The van der Waals surface area contributed by atoms with Crippen LogP contribution in [0.5, 0.6) is 0 Å². The Labute approximate surface area is 335 Å². The fourth-order valence-electron chi connectivity index (χ4n) is 7.12. The highest BCUT2D eigenvalue weighted by Crippen LogP contribution is 2.18. The maximum atomic E-state index is 12.8. The van der Waals surface area contributed by atoms with Gasteiger partial charge in [-0.3, -0.25) is 9.59 Å². The molecular formula is C45H90N2O6S. The molecule has 9 heteroatoms. The molecule has 1 N–H and O–H groups in total. The van der Waals surface area contributed by atoms with Crippen molar-refractivity contribution in [1.82, 2.24) is 9.62 Å². The van der Waals surface area contributed by atoms with E-state index >= 15 is 0 Å². The third-order valence-electron chi connectivity index (χ3n) is 10.6. The van der Waals surface area contributed by atoms with Crippen LogP contribution in [0.2, 0.25) is 0 Å². The maximum absolute atomic E-state index is 12.8. The van der Waals surface area contributed by atoms with Crippen LogP contribution in [0.1, 0.15) is 233 Å². The van der Waals surface area contributed by atoms with Gasteiger partial charge in [-0.25, -0.2) is 13.1 Å². The highest BCUT2D eigenvalue weighted by Gasteiger charge is 2.14. The smallest absolute Gasteiger partial charge is 0.306 e. The predicted octanol–water partition coefficient (Wildman–Crippen LogP) is 12.2. The van der Waals surface area contributed by atoms with Gasteiger partial charge in [0.1, 0.15) is 6.10 Å². The Morgan fingerprint density at radius 3 is 1.35 bits per heavy atom. The fraction of sp³-hybridized carbons (Fsp3) is 0.956. The molecule has 0 amide bonds. The third kappa shape index (κ3) is 40.5. The summed E-state index contributed by atoms with van der Waals surface area (Å²) >= 11 is 0. The molecule has 0 aliphatic heterocycles. The number of ether oxygens (including phenoxy) is 2. The predicted molar refractivity (Wildman–Crippen MR) is 230 cm³/mol. The van der Waals surface area contributed by atoms with Crippen molar-refractivity contribution < 1.29 is 27.5 Å². The van der Waals surface area contributed by atoms with Crippen LogP contribution in [-0.2, 0) is 29.1 Å². The van der Waals surface area contributed by atoms with Crippen LogP contribution in [0, 0.1) is 0 Å². The molecule has 0 aromatic heterocycles. The minimum atomic E-state index is -3.20. The van der Waals surface area contributed by atoms with E-state index in [-0.39, 0.29) is 18.0 Å². The Morgan fingerprint density at radius 2 is 0.889 bits per heavy atom. The molecule has 0 bridgehead atoms. The first-order valence-electron chi connectivity index (χ1n) is 23.2. The summed E-state index contributed by atoms with van der Waals surface area (Å²) in [4.78, 5) is 27.2. The second kappa shape index (κ2) is 40.0. The van der Waals surface area contributed by atoms with Crippen LogP contribution in [0.15, 0.2) is 0 Å². The Kier molecular flexibility index (Phi) is 39.1. The Balaban J connectivity index is 4.26. The molecular weight excluding hydrogens is 697 g/mol. The summed E-state index contributed by atoms with van der Waals surface area (Å²) in [6.45, 7) is 10.3. The second-order valence-corrected chi connectivity index (χ2v) is 17.9. The van der Waals surface area contributed by atoms with Gasteiger partial charge in [-0.1, -0.05) is 162 Å². The van der Waals surface area contributed by atoms with Crippen LogP contribution in [-0.4, -0.2) is 70.4 Å². The molecule has 8 nitrogen and oxygen atoms in total. The number of rotatable bonds is 43. The van der Waals surface area contributed by atoms with E-state index in [1.165, 1.54) is 103 Å². The molecule has 0 atom stereocenters. The molecule has 0 heterocycles. The van der Waals surface area contributed by atoms with Crippen LogP contribution in [0.3, 0.4) is 0 Å². The number of hydrogen-bond acceptors (Lipinski definition) is 7. The van der Waals surface area contributed by atoms with Crippen LogP contribution >= 0.6 is 0 Å². The molecule has 0 rings (SSSR count). The largest absolute Gasteiger partial charge is 0.466 e. The fourth-order valence-corrected chi connectivity index (χ4v) is 7.59. The summed E-state index contributed by atoms with van der Waals surface area (Å²) in [5.74, 6) is -0.0723. The first-order chi connectivity index (χ1) is 26.2. The standard InChI is InChI=1S/C45H90N2O6S/c1-5-8-11-14-17-26-33-42-52-44(48)36-29-22-18-24-31-39-47(41-38-46-54(4,50)51)40-32-25-19-23-30-37-45(49)53-43(34-27-20-15-12-9-6-2)35-28-21-16-13-10-7-3/h43,46H,5-42H2,1-4H3. The number of nitrogens with one attached hydrogen (secondary N) is 1. The van der Waals surface area contributed by atoms with E-state index in [4.69, 9.17) is 9.47 Å². The molecule has 0 spiro atoms. The van der Waals surface area contributed by atoms with Gasteiger partial charge in [0, 0.05) is 25.9 Å². The van der Waals surface area contributed by atoms with Gasteiger partial charge < -0.3 is 14.4 Å². The molecule has 0 aromatic carbocycles. The highest BCUT2D eigenvalue weighted by molar-refractivity contribution is 7.88. The lowest BCUT2D eigenvalue weighted by atomic mass is 10.0. The summed E-state index contributed by atoms with van der Waals surface area (Å²) in [5, 5.41) is 0. The van der Waals surface area contributed by atoms with Crippen molar-refractivity contribution in [1.29, 1.82) is 0 Å². The van der Waals surface area contributed by atoms with E-state index in [1.807, 2.05) is 0 Å². The van der Waals surface area contributed by atoms with Crippen molar-refractivity contribution in [3.63, 3.8) is 0 Å². The van der Waals surface area contributed by atoms with Crippen molar-refractivity contribution >= 4 is 22.0 Å². The van der Waals surface area contributed by atoms with Gasteiger partial charge in [0.2, 0.25) is 10.0 Å². The normalized spacial score (nSPS) is 11.9. The first-order valence-corrected chi connectivity index (χ1v) is 25.1. The van der Waals surface area contributed by atoms with Crippen LogP contribution in [0.4, 0.5) is 0 Å². The van der Waals surface area contributed by atoms with Crippen molar-refractivity contribution in [3.8, 4) is 0 Å². The zero-order valence-corrected chi connectivity index (χ0v) is 37.1. The van der Waals surface area contributed by atoms with E-state index in [2.05, 4.69) is 30.4 Å². The first kappa shape index (κ1) is 52.8. The Bertz CT molecular complexity index is 915. The van der Waals surface area contributed by atoms with Crippen LogP contribution < -0.4 is 4.72 Å². The zero-order chi connectivity index (χ0) is 39.8. The summed E-state index contributed by atoms with van der Waals surface area (Å²) < 4.78 is 37.3. The maximum Gasteiger partial charge on any atom is 0.306 e. The summed E-state index contributed by atoms with van der Waals surface area (Å²) in [7, 11) is -3.20. The molecule has 0 aromatic rings. The van der Waals surface area contributed by atoms with Gasteiger partial charge in [0.05, 0.1) is 12.9 Å². The number of sulfonamides is 1. The summed E-state index contributed by atoms with van der Waals surface area (Å²) in [6, 6.07) is 0. The molecule has 0 aliphatic carbocycles. The van der Waals surface area contributed by atoms with E-state index < -0.39 is 10.0 Å². The minimum absolute atomic E-state index is 0.0137. The topological polar surface area (TPSA) is 102 Å². The molecule has 0 fully saturated rings. The molecule has 0 saturated heterocycles. The van der Waals surface area contributed by atoms with Gasteiger partial charge in [-0.2, -0.15) is 0 Å². The molecule has 0 aliphatic rings. The van der Waals surface area contributed by atoms with Gasteiger partial charge in [0.15, 0.2) is 0 Å². The second-order valence-electron chi connectivity index (χ2n) is 16.1. The molecule has 0 saturated carbocycles. The number of carbonyl (C=O) groups excluding carboxylic acids is 2. The lowest BCUT2D eigenvalue weighted by molar-refractivity contribution is -0.150. The SMILES string of the molecule is CCCCCCCCCOC(=O)CCCCCCCN(CCCCCCCC(=O)OC(CCCCCCCC)CCCCCCCC)CCNS(C)(=O)=O. The number of carbonyl (C=O) groups is 2. The zero-order valence-electron chi connectivity index (χ0n) is 36.3. The average molecular weight is 787 g/mol. The molecule has 54 heavy (non-hydrogen) atoms. The number of esters is 2. The minimum Gasteiger partial charge on any atom is -0.466 e. The lowest BCUT2D eigenvalue weighted by Crippen LogP contribution is -2.35. The Hall–Kier alpha value is -1.19. The summed E-state index contributed by atoms with van der Waals surface area (Å²) in [6.07, 6.45) is 38.5. The van der Waals surface area contributed by atoms with Gasteiger partial charge >= 0.3 is 11.9 Å². The van der Waals surface area contributed by atoms with Crippen molar-refractivity contribution in [2.45, 2.75) is 239 Å². The van der Waals surface area contributed by atoms with Crippen molar-refractivity contribution in [2.24, 2.45) is 0 Å². The van der Waals surface area contributed by atoms with E-state index in [1.54, 1.807) is 0 Å². The number of unbranched alkanes of at least 4 members (excludes halogenated alkanes) is 24. The van der Waals surface area contributed by atoms with E-state index in [0.717, 1.165) is 116 Å². The van der Waals surface area contributed by atoms with E-state index in [0.29, 0.717) is 32.5 Å². The monoisotopic (exact) mass is 787 g/mol. The molecule has 0 unspecified atom stereocenters. The molecule has 0 radical (unpaired) electrons. The number of hydrogen-bond donors (Lipinski definition) is 1. The highest BCUT2D eigenvalue weighted by atomic mass is 32.2. The number of nitrogens with zero attached hydrogens (tertiary/aromatic N) is 1. The van der Waals surface area contributed by atoms with Crippen LogP contribution in [0.25, 0.3) is 0 Å². The van der Waals surface area contributed by atoms with Crippen molar-refractivity contribution in [3.05, 3.63) is 0 Å². The quantitative estimate of drug-likeness (QED) is 0.0485. The molecule has 322 valence electrons. The average Bonchev–Trinajstić information content (AvgIpc) is 3.13. The summed E-state index contributed by atoms with van der Waals surface area (Å²) in [5.41, 5.74) is 0. The lowest BCUT2D eigenvalue weighted by Gasteiger charge is -2.22. The Morgan fingerprint density at radius 1 is 0.500 bits per heavy atom. The van der Waals surface area contributed by atoms with Crippen molar-refractivity contribution in [2.75, 3.05) is 39.0 Å². The van der Waals surface area contributed by atoms with Gasteiger partial charge in [-0.05, 0) is 70.9 Å². The van der Waals surface area contributed by atoms with Gasteiger partial charge in [-0.15, -0.1) is 0 Å².